The van der Waals surface area contributed by atoms with Gasteiger partial charge in [-0.05, 0) is 18.6 Å². The second-order valence-corrected chi connectivity index (χ2v) is 6.59. The first-order chi connectivity index (χ1) is 12.4. The molecule has 0 fully saturated rings. The van der Waals surface area contributed by atoms with E-state index < -0.39 is 6.04 Å². The number of hydrogen-bond donors (Lipinski definition) is 3. The van der Waals surface area contributed by atoms with E-state index in [9.17, 15) is 9.59 Å². The number of hydrogen-bond acceptors (Lipinski definition) is 4. The lowest BCUT2D eigenvalue weighted by molar-refractivity contribution is -0.128. The topological polar surface area (TPSA) is 100 Å². The number of carbonyl (C=O) groups excluding carboxylic acids is 2. The van der Waals surface area contributed by atoms with Gasteiger partial charge in [0, 0.05) is 35.5 Å². The smallest absolute Gasteiger partial charge is 0.248 e. The quantitative estimate of drug-likeness (QED) is 0.634. The van der Waals surface area contributed by atoms with Crippen molar-refractivity contribution in [1.82, 2.24) is 15.5 Å². The number of fused-ring (bicyclic) bond motifs is 1. The summed E-state index contributed by atoms with van der Waals surface area (Å²) in [5.74, 6) is 0.191. The maximum Gasteiger partial charge on any atom is 0.248 e. The number of aromatic nitrogens is 2. The lowest BCUT2D eigenvalue weighted by Crippen LogP contribution is -2.46. The highest BCUT2D eigenvalue weighted by atomic mass is 16.5. The molecule has 0 saturated carbocycles. The number of anilines is 1. The van der Waals surface area contributed by atoms with Crippen LogP contribution in [-0.4, -0.2) is 28.0 Å². The normalized spacial score (nSPS) is 12.3. The Morgan fingerprint density at radius 1 is 1.23 bits per heavy atom. The molecule has 136 valence electrons. The van der Waals surface area contributed by atoms with Gasteiger partial charge in [-0.25, -0.2) is 0 Å². The lowest BCUT2D eigenvalue weighted by atomic mass is 10.0. The number of amides is 2. The van der Waals surface area contributed by atoms with Gasteiger partial charge < -0.3 is 20.1 Å². The molecule has 2 amide bonds. The summed E-state index contributed by atoms with van der Waals surface area (Å²) in [7, 11) is 0. The Morgan fingerprint density at radius 3 is 2.69 bits per heavy atom. The van der Waals surface area contributed by atoms with Crippen LogP contribution in [0.4, 0.5) is 5.82 Å². The molecule has 3 aromatic rings. The van der Waals surface area contributed by atoms with E-state index >= 15 is 0 Å². The van der Waals surface area contributed by atoms with Crippen molar-refractivity contribution in [2.24, 2.45) is 5.92 Å². The van der Waals surface area contributed by atoms with Gasteiger partial charge in [0.05, 0.1) is 0 Å². The number of H-pyrrole nitrogens is 1. The van der Waals surface area contributed by atoms with E-state index in [-0.39, 0.29) is 17.7 Å². The maximum atomic E-state index is 12.7. The van der Waals surface area contributed by atoms with Gasteiger partial charge in [-0.1, -0.05) is 37.2 Å². The number of carbonyl (C=O) groups is 2. The molecule has 0 bridgehead atoms. The van der Waals surface area contributed by atoms with Gasteiger partial charge >= 0.3 is 0 Å². The van der Waals surface area contributed by atoms with Crippen molar-refractivity contribution in [3.05, 3.63) is 47.9 Å². The van der Waals surface area contributed by atoms with Crippen LogP contribution in [0.25, 0.3) is 10.9 Å². The van der Waals surface area contributed by atoms with E-state index in [1.54, 1.807) is 26.8 Å². The van der Waals surface area contributed by atoms with Gasteiger partial charge in [0.25, 0.3) is 0 Å². The van der Waals surface area contributed by atoms with E-state index in [4.69, 9.17) is 4.52 Å². The Labute approximate surface area is 151 Å². The highest BCUT2D eigenvalue weighted by Crippen LogP contribution is 2.20. The van der Waals surface area contributed by atoms with Crippen LogP contribution in [0.1, 0.15) is 25.2 Å². The molecule has 7 nitrogen and oxygen atoms in total. The van der Waals surface area contributed by atoms with Crippen LogP contribution < -0.4 is 10.6 Å². The first kappa shape index (κ1) is 17.7. The van der Waals surface area contributed by atoms with Crippen LogP contribution in [0.5, 0.6) is 0 Å². The van der Waals surface area contributed by atoms with Crippen molar-refractivity contribution in [3.63, 3.8) is 0 Å². The predicted octanol–water partition coefficient (Wildman–Crippen LogP) is 2.79. The molecule has 2 heterocycles. The van der Waals surface area contributed by atoms with Gasteiger partial charge in [-0.15, -0.1) is 0 Å². The zero-order valence-corrected chi connectivity index (χ0v) is 15.0. The summed E-state index contributed by atoms with van der Waals surface area (Å²) < 4.78 is 4.97. The van der Waals surface area contributed by atoms with Crippen LogP contribution in [-0.2, 0) is 16.0 Å². The summed E-state index contributed by atoms with van der Waals surface area (Å²) in [5, 5.41) is 10.3. The van der Waals surface area contributed by atoms with Crippen molar-refractivity contribution in [2.75, 3.05) is 5.32 Å². The zero-order chi connectivity index (χ0) is 18.7. The van der Waals surface area contributed by atoms with Crippen LogP contribution >= 0.6 is 0 Å². The number of rotatable bonds is 6. The molecular formula is C19H22N4O3. The molecule has 26 heavy (non-hydrogen) atoms. The number of nitrogens with one attached hydrogen (secondary N) is 3. The van der Waals surface area contributed by atoms with Gasteiger partial charge in [0.15, 0.2) is 5.82 Å². The fraction of sp³-hybridized carbons (Fsp3) is 0.316. The molecule has 2 aromatic heterocycles. The van der Waals surface area contributed by atoms with Gasteiger partial charge in [-0.3, -0.25) is 9.59 Å². The Morgan fingerprint density at radius 2 is 2.00 bits per heavy atom. The largest absolute Gasteiger partial charge is 0.361 e. The molecule has 7 heteroatoms. The first-order valence-corrected chi connectivity index (χ1v) is 8.53. The highest BCUT2D eigenvalue weighted by molar-refractivity contribution is 5.97. The molecule has 0 aliphatic heterocycles. The van der Waals surface area contributed by atoms with Crippen LogP contribution in [0.3, 0.4) is 0 Å². The van der Waals surface area contributed by atoms with E-state index in [2.05, 4.69) is 20.8 Å². The van der Waals surface area contributed by atoms with E-state index in [0.717, 1.165) is 16.5 Å². The van der Waals surface area contributed by atoms with Crippen LogP contribution in [0.15, 0.2) is 41.1 Å². The average molecular weight is 354 g/mol. The Kier molecular flexibility index (Phi) is 5.06. The zero-order valence-electron chi connectivity index (χ0n) is 15.0. The van der Waals surface area contributed by atoms with Gasteiger partial charge in [-0.2, -0.15) is 0 Å². The molecule has 0 radical (unpaired) electrons. The van der Waals surface area contributed by atoms with E-state index in [1.807, 2.05) is 30.5 Å². The number of aryl methyl sites for hydroxylation is 1. The Hall–Kier alpha value is -3.09. The molecule has 3 N–H and O–H groups in total. The van der Waals surface area contributed by atoms with Crippen molar-refractivity contribution in [1.29, 1.82) is 0 Å². The Balaban J connectivity index is 1.82. The third kappa shape index (κ3) is 3.93. The number of nitrogens with zero attached hydrogens (tertiary/aromatic N) is 1. The average Bonchev–Trinajstić information content (AvgIpc) is 3.20. The summed E-state index contributed by atoms with van der Waals surface area (Å²) in [6.45, 7) is 5.32. The molecule has 0 aliphatic rings. The summed E-state index contributed by atoms with van der Waals surface area (Å²) in [6.07, 6.45) is 2.23. The predicted molar refractivity (Wildman–Crippen MR) is 98.6 cm³/mol. The monoisotopic (exact) mass is 354 g/mol. The van der Waals surface area contributed by atoms with Crippen molar-refractivity contribution < 1.29 is 14.1 Å². The van der Waals surface area contributed by atoms with Gasteiger partial charge in [0.2, 0.25) is 11.8 Å². The second kappa shape index (κ2) is 7.43. The van der Waals surface area contributed by atoms with Crippen LogP contribution in [0.2, 0.25) is 0 Å². The highest BCUT2D eigenvalue weighted by Gasteiger charge is 2.24. The van der Waals surface area contributed by atoms with Gasteiger partial charge in [0.1, 0.15) is 11.8 Å². The Bertz CT molecular complexity index is 926. The fourth-order valence-corrected chi connectivity index (χ4v) is 2.71. The SMILES string of the molecule is Cc1cc(NC(=O)[C@@H](Cc2c[nH]c3ccccc23)NC(=O)C(C)C)no1. The molecule has 3 rings (SSSR count). The third-order valence-corrected chi connectivity index (χ3v) is 4.14. The first-order valence-electron chi connectivity index (χ1n) is 8.53. The third-order valence-electron chi connectivity index (χ3n) is 4.14. The van der Waals surface area contributed by atoms with Crippen molar-refractivity contribution in [2.45, 2.75) is 33.2 Å². The van der Waals surface area contributed by atoms with E-state index in [1.165, 1.54) is 0 Å². The number of benzene rings is 1. The number of para-hydroxylation sites is 1. The summed E-state index contributed by atoms with van der Waals surface area (Å²) >= 11 is 0. The summed E-state index contributed by atoms with van der Waals surface area (Å²) in [4.78, 5) is 28.1. The minimum Gasteiger partial charge on any atom is -0.361 e. The minimum absolute atomic E-state index is 0.179. The van der Waals surface area contributed by atoms with Crippen molar-refractivity contribution in [3.8, 4) is 0 Å². The molecular weight excluding hydrogens is 332 g/mol. The lowest BCUT2D eigenvalue weighted by Gasteiger charge is -2.19. The fourth-order valence-electron chi connectivity index (χ4n) is 2.71. The van der Waals surface area contributed by atoms with Crippen molar-refractivity contribution >= 4 is 28.5 Å². The molecule has 0 saturated heterocycles. The maximum absolute atomic E-state index is 12.7. The summed E-state index contributed by atoms with van der Waals surface area (Å²) in [6, 6.07) is 8.76. The molecule has 0 unspecified atom stereocenters. The standard InChI is InChI=1S/C19H22N4O3/c1-11(2)18(24)21-16(19(25)22-17-8-12(3)26-23-17)9-13-10-20-15-7-5-4-6-14(13)15/h4-8,10-11,16,20H,9H2,1-3H3,(H,21,24)(H,22,23,25)/t16-/m1/s1. The summed E-state index contributed by atoms with van der Waals surface area (Å²) in [5.41, 5.74) is 1.95. The van der Waals surface area contributed by atoms with Crippen LogP contribution in [0, 0.1) is 12.8 Å². The molecule has 1 atom stereocenters. The molecule has 0 aliphatic carbocycles. The van der Waals surface area contributed by atoms with E-state index in [0.29, 0.717) is 18.0 Å². The molecule has 0 spiro atoms. The minimum atomic E-state index is -0.721. The second-order valence-electron chi connectivity index (χ2n) is 6.59. The molecule has 1 aromatic carbocycles. The number of aromatic amines is 1.